The third-order valence-corrected chi connectivity index (χ3v) is 3.91. The maximum atomic E-state index is 12.3. The first-order chi connectivity index (χ1) is 12.3. The molecule has 0 aliphatic carbocycles. The fourth-order valence-corrected chi connectivity index (χ4v) is 2.67. The smallest absolute Gasteiger partial charge is 0.248 e. The molecule has 0 radical (unpaired) electrons. The highest BCUT2D eigenvalue weighted by molar-refractivity contribution is 6.03. The Balaban J connectivity index is 1.72. The number of carbonyl (C=O) groups is 1. The predicted octanol–water partition coefficient (Wildman–Crippen LogP) is 2.58. The highest BCUT2D eigenvalue weighted by Crippen LogP contribution is 2.24. The Morgan fingerprint density at radius 3 is 2.84 bits per heavy atom. The van der Waals surface area contributed by atoms with E-state index in [9.17, 15) is 4.79 Å². The van der Waals surface area contributed by atoms with Gasteiger partial charge in [0.1, 0.15) is 5.75 Å². The highest BCUT2D eigenvalue weighted by atomic mass is 16.5. The summed E-state index contributed by atoms with van der Waals surface area (Å²) in [6.45, 7) is 2.85. The molecule has 1 aromatic heterocycles. The minimum absolute atomic E-state index is 0.214. The Labute approximate surface area is 147 Å². The molecule has 0 atom stereocenters. The predicted molar refractivity (Wildman–Crippen MR) is 97.9 cm³/mol. The maximum Gasteiger partial charge on any atom is 0.248 e. The van der Waals surface area contributed by atoms with E-state index in [1.807, 2.05) is 36.4 Å². The highest BCUT2D eigenvalue weighted by Gasteiger charge is 2.16. The zero-order chi connectivity index (χ0) is 17.5. The van der Waals surface area contributed by atoms with E-state index in [1.54, 1.807) is 19.4 Å². The van der Waals surface area contributed by atoms with Gasteiger partial charge < -0.3 is 19.7 Å². The second-order valence-corrected chi connectivity index (χ2v) is 5.54. The number of carbonyl (C=O) groups excluding carboxylic acids is 1. The van der Waals surface area contributed by atoms with Crippen LogP contribution < -0.4 is 15.0 Å². The Bertz CT molecular complexity index is 755. The molecule has 0 bridgehead atoms. The zero-order valence-electron chi connectivity index (χ0n) is 14.1. The molecule has 1 amide bonds. The van der Waals surface area contributed by atoms with Crippen LogP contribution in [0.3, 0.4) is 0 Å². The van der Waals surface area contributed by atoms with Crippen LogP contribution in [0.1, 0.15) is 5.56 Å². The van der Waals surface area contributed by atoms with Crippen LogP contribution in [0, 0.1) is 0 Å². The molecule has 0 saturated carbocycles. The van der Waals surface area contributed by atoms with E-state index in [0.717, 1.165) is 30.2 Å². The van der Waals surface area contributed by atoms with Gasteiger partial charge in [-0.3, -0.25) is 4.79 Å². The van der Waals surface area contributed by atoms with E-state index >= 15 is 0 Å². The first-order valence-electron chi connectivity index (χ1n) is 8.18. The number of anilines is 2. The van der Waals surface area contributed by atoms with Crippen molar-refractivity contribution in [1.82, 2.24) is 4.98 Å². The minimum Gasteiger partial charge on any atom is -0.496 e. The van der Waals surface area contributed by atoms with Crippen molar-refractivity contribution in [3.63, 3.8) is 0 Å². The number of hydrogen-bond acceptors (Lipinski definition) is 5. The third kappa shape index (κ3) is 4.36. The summed E-state index contributed by atoms with van der Waals surface area (Å²) in [5.41, 5.74) is 1.54. The summed E-state index contributed by atoms with van der Waals surface area (Å²) in [7, 11) is 1.61. The van der Waals surface area contributed by atoms with Gasteiger partial charge in [-0.2, -0.15) is 0 Å². The van der Waals surface area contributed by atoms with Crippen molar-refractivity contribution in [2.75, 3.05) is 43.6 Å². The van der Waals surface area contributed by atoms with Crippen LogP contribution in [0.15, 0.2) is 48.7 Å². The van der Waals surface area contributed by atoms with Crippen LogP contribution in [-0.2, 0) is 9.53 Å². The SMILES string of the molecule is COc1ccccc1/C=C/C(=O)Nc1cccnc1N1CCOCC1. The van der Waals surface area contributed by atoms with Crippen LogP contribution in [0.2, 0.25) is 0 Å². The van der Waals surface area contributed by atoms with Gasteiger partial charge in [0.05, 0.1) is 26.0 Å². The van der Waals surface area contributed by atoms with Crippen LogP contribution in [0.25, 0.3) is 6.08 Å². The summed E-state index contributed by atoms with van der Waals surface area (Å²) in [5, 5.41) is 2.90. The van der Waals surface area contributed by atoms with Gasteiger partial charge in [0.25, 0.3) is 0 Å². The number of nitrogens with one attached hydrogen (secondary N) is 1. The van der Waals surface area contributed by atoms with Crippen molar-refractivity contribution in [3.8, 4) is 5.75 Å². The molecule has 2 heterocycles. The number of amides is 1. The number of morpholine rings is 1. The van der Waals surface area contributed by atoms with Crippen LogP contribution >= 0.6 is 0 Å². The standard InChI is InChI=1S/C19H21N3O3/c1-24-17-7-3-2-5-15(17)8-9-18(23)21-16-6-4-10-20-19(16)22-11-13-25-14-12-22/h2-10H,11-14H2,1H3,(H,21,23)/b9-8+. The molecule has 130 valence electrons. The van der Waals surface area contributed by atoms with E-state index in [1.165, 1.54) is 6.08 Å². The normalized spacial score (nSPS) is 14.5. The third-order valence-electron chi connectivity index (χ3n) is 3.91. The van der Waals surface area contributed by atoms with Crippen molar-refractivity contribution in [2.45, 2.75) is 0 Å². The minimum atomic E-state index is -0.214. The van der Waals surface area contributed by atoms with E-state index < -0.39 is 0 Å². The molecule has 6 nitrogen and oxygen atoms in total. The largest absolute Gasteiger partial charge is 0.496 e. The van der Waals surface area contributed by atoms with Crippen molar-refractivity contribution in [1.29, 1.82) is 0 Å². The van der Waals surface area contributed by atoms with E-state index in [-0.39, 0.29) is 5.91 Å². The van der Waals surface area contributed by atoms with Crippen LogP contribution in [0.5, 0.6) is 5.75 Å². The molecule has 1 aliphatic rings. The number of pyridine rings is 1. The van der Waals surface area contributed by atoms with Gasteiger partial charge in [-0.05, 0) is 24.3 Å². The average Bonchev–Trinajstić information content (AvgIpc) is 2.67. The fraction of sp³-hybridized carbons (Fsp3) is 0.263. The summed E-state index contributed by atoms with van der Waals surface area (Å²) in [6.07, 6.45) is 4.96. The zero-order valence-corrected chi connectivity index (χ0v) is 14.1. The second-order valence-electron chi connectivity index (χ2n) is 5.54. The van der Waals surface area contributed by atoms with Crippen molar-refractivity contribution >= 4 is 23.5 Å². The number of para-hydroxylation sites is 1. The van der Waals surface area contributed by atoms with Gasteiger partial charge in [-0.25, -0.2) is 4.98 Å². The van der Waals surface area contributed by atoms with E-state index in [2.05, 4.69) is 15.2 Å². The molecule has 0 spiro atoms. The lowest BCUT2D eigenvalue weighted by Crippen LogP contribution is -2.37. The molecule has 1 aromatic carbocycles. The number of ether oxygens (including phenoxy) is 2. The van der Waals surface area contributed by atoms with Crippen LogP contribution in [0.4, 0.5) is 11.5 Å². The lowest BCUT2D eigenvalue weighted by Gasteiger charge is -2.29. The Kier molecular flexibility index (Phi) is 5.64. The van der Waals surface area contributed by atoms with Crippen molar-refractivity contribution in [3.05, 3.63) is 54.2 Å². The molecule has 1 fully saturated rings. The molecule has 2 aromatic rings. The monoisotopic (exact) mass is 339 g/mol. The number of rotatable bonds is 5. The number of nitrogens with zero attached hydrogens (tertiary/aromatic N) is 2. The summed E-state index contributed by atoms with van der Waals surface area (Å²) >= 11 is 0. The fourth-order valence-electron chi connectivity index (χ4n) is 2.67. The Hall–Kier alpha value is -2.86. The number of benzene rings is 1. The van der Waals surface area contributed by atoms with Gasteiger partial charge in [0.15, 0.2) is 5.82 Å². The maximum absolute atomic E-state index is 12.3. The first kappa shape index (κ1) is 17.0. The molecular formula is C19H21N3O3. The van der Waals surface area contributed by atoms with Crippen molar-refractivity contribution in [2.24, 2.45) is 0 Å². The van der Waals surface area contributed by atoms with E-state index in [0.29, 0.717) is 18.9 Å². The summed E-state index contributed by atoms with van der Waals surface area (Å²) in [5.74, 6) is 1.28. The van der Waals surface area contributed by atoms with Crippen molar-refractivity contribution < 1.29 is 14.3 Å². The lowest BCUT2D eigenvalue weighted by molar-refractivity contribution is -0.111. The number of aromatic nitrogens is 1. The molecule has 1 saturated heterocycles. The van der Waals surface area contributed by atoms with Gasteiger partial charge in [0, 0.05) is 30.9 Å². The summed E-state index contributed by atoms with van der Waals surface area (Å²) < 4.78 is 10.7. The topological polar surface area (TPSA) is 63.7 Å². The second kappa shape index (κ2) is 8.30. The van der Waals surface area contributed by atoms with Gasteiger partial charge in [-0.15, -0.1) is 0 Å². The molecule has 1 aliphatic heterocycles. The lowest BCUT2D eigenvalue weighted by atomic mass is 10.2. The molecule has 6 heteroatoms. The summed E-state index contributed by atoms with van der Waals surface area (Å²) in [6, 6.07) is 11.2. The first-order valence-corrected chi connectivity index (χ1v) is 8.18. The molecular weight excluding hydrogens is 318 g/mol. The number of methoxy groups -OCH3 is 1. The van der Waals surface area contributed by atoms with Gasteiger partial charge in [0.2, 0.25) is 5.91 Å². The molecule has 3 rings (SSSR count). The molecule has 25 heavy (non-hydrogen) atoms. The molecule has 1 N–H and O–H groups in total. The Morgan fingerprint density at radius 1 is 1.24 bits per heavy atom. The average molecular weight is 339 g/mol. The Morgan fingerprint density at radius 2 is 2.04 bits per heavy atom. The quantitative estimate of drug-likeness (QED) is 0.848. The van der Waals surface area contributed by atoms with Gasteiger partial charge in [-0.1, -0.05) is 18.2 Å². The number of hydrogen-bond donors (Lipinski definition) is 1. The summed E-state index contributed by atoms with van der Waals surface area (Å²) in [4.78, 5) is 18.8. The van der Waals surface area contributed by atoms with E-state index in [4.69, 9.17) is 9.47 Å². The van der Waals surface area contributed by atoms with Crippen LogP contribution in [-0.4, -0.2) is 44.3 Å². The molecule has 0 unspecified atom stereocenters. The van der Waals surface area contributed by atoms with Gasteiger partial charge >= 0.3 is 0 Å².